The van der Waals surface area contributed by atoms with Crippen molar-refractivity contribution in [3.63, 3.8) is 0 Å². The molecule has 0 aliphatic rings. The van der Waals surface area contributed by atoms with Crippen LogP contribution in [0.25, 0.3) is 0 Å². The number of nitrogens with zero attached hydrogens (tertiary/aromatic N) is 2. The van der Waals surface area contributed by atoms with Gasteiger partial charge in [0.15, 0.2) is 5.69 Å². The standard InChI is InChI=1S/C14H16ClN3O/c1-8-6-5-7-9(2)12(8)16-14(19)13-11(15)10(3)18(4)17-13/h5-7H,1-4H3,(H,16,19). The predicted octanol–water partition coefficient (Wildman–Crippen LogP) is 3.25. The molecule has 0 fully saturated rings. The summed E-state index contributed by atoms with van der Waals surface area (Å²) >= 11 is 6.11. The SMILES string of the molecule is Cc1cccc(C)c1NC(=O)c1nn(C)c(C)c1Cl. The van der Waals surface area contributed by atoms with Gasteiger partial charge in [0.25, 0.3) is 5.91 Å². The number of carbonyl (C=O) groups excluding carboxylic acids is 1. The first-order valence-corrected chi connectivity index (χ1v) is 6.36. The molecule has 4 nitrogen and oxygen atoms in total. The highest BCUT2D eigenvalue weighted by molar-refractivity contribution is 6.34. The summed E-state index contributed by atoms with van der Waals surface area (Å²) in [5.41, 5.74) is 3.86. The van der Waals surface area contributed by atoms with Crippen molar-refractivity contribution in [3.8, 4) is 0 Å². The van der Waals surface area contributed by atoms with Crippen molar-refractivity contribution in [1.29, 1.82) is 0 Å². The van der Waals surface area contributed by atoms with Gasteiger partial charge in [0, 0.05) is 12.7 Å². The van der Waals surface area contributed by atoms with Crippen LogP contribution in [0.1, 0.15) is 27.3 Å². The maximum absolute atomic E-state index is 12.2. The van der Waals surface area contributed by atoms with Crippen LogP contribution < -0.4 is 5.32 Å². The normalized spacial score (nSPS) is 10.6. The molecule has 100 valence electrons. The fourth-order valence-electron chi connectivity index (χ4n) is 1.91. The van der Waals surface area contributed by atoms with Gasteiger partial charge in [-0.25, -0.2) is 0 Å². The Morgan fingerprint density at radius 2 is 1.84 bits per heavy atom. The number of benzene rings is 1. The van der Waals surface area contributed by atoms with E-state index >= 15 is 0 Å². The quantitative estimate of drug-likeness (QED) is 0.916. The molecule has 0 unspecified atom stereocenters. The van der Waals surface area contributed by atoms with Crippen LogP contribution in [-0.2, 0) is 7.05 Å². The van der Waals surface area contributed by atoms with E-state index in [2.05, 4.69) is 10.4 Å². The Bertz CT molecular complexity index is 626. The van der Waals surface area contributed by atoms with E-state index < -0.39 is 0 Å². The second-order valence-corrected chi connectivity index (χ2v) is 4.97. The van der Waals surface area contributed by atoms with Crippen molar-refractivity contribution in [2.24, 2.45) is 7.05 Å². The Balaban J connectivity index is 2.34. The summed E-state index contributed by atoms with van der Waals surface area (Å²) in [6.07, 6.45) is 0. The lowest BCUT2D eigenvalue weighted by Gasteiger charge is -2.10. The number of amides is 1. The molecule has 1 aromatic carbocycles. The average molecular weight is 278 g/mol. The lowest BCUT2D eigenvalue weighted by Crippen LogP contribution is -2.15. The maximum atomic E-state index is 12.2. The molecule has 2 aromatic rings. The van der Waals surface area contributed by atoms with Crippen LogP contribution in [0, 0.1) is 20.8 Å². The number of aromatic nitrogens is 2. The van der Waals surface area contributed by atoms with E-state index in [0.29, 0.717) is 5.02 Å². The number of para-hydroxylation sites is 1. The molecule has 0 aliphatic carbocycles. The zero-order chi connectivity index (χ0) is 14.2. The predicted molar refractivity (Wildman–Crippen MR) is 76.8 cm³/mol. The molecule has 0 saturated heterocycles. The summed E-state index contributed by atoms with van der Waals surface area (Å²) in [5.74, 6) is -0.286. The topological polar surface area (TPSA) is 46.9 Å². The van der Waals surface area contributed by atoms with Crippen molar-refractivity contribution in [2.75, 3.05) is 5.32 Å². The molecule has 0 bridgehead atoms. The van der Waals surface area contributed by atoms with Gasteiger partial charge in [-0.1, -0.05) is 29.8 Å². The van der Waals surface area contributed by atoms with Gasteiger partial charge in [-0.3, -0.25) is 9.48 Å². The van der Waals surface area contributed by atoms with Gasteiger partial charge in [0.05, 0.1) is 10.7 Å². The minimum atomic E-state index is -0.286. The van der Waals surface area contributed by atoms with Crippen molar-refractivity contribution in [3.05, 3.63) is 45.7 Å². The summed E-state index contributed by atoms with van der Waals surface area (Å²) < 4.78 is 1.60. The van der Waals surface area contributed by atoms with Gasteiger partial charge in [-0.05, 0) is 31.9 Å². The largest absolute Gasteiger partial charge is 0.320 e. The summed E-state index contributed by atoms with van der Waals surface area (Å²) in [4.78, 5) is 12.2. The number of anilines is 1. The highest BCUT2D eigenvalue weighted by Crippen LogP contribution is 2.23. The first-order chi connectivity index (χ1) is 8.91. The molecule has 0 atom stereocenters. The van der Waals surface area contributed by atoms with Gasteiger partial charge in [-0.2, -0.15) is 5.10 Å². The number of hydrogen-bond donors (Lipinski definition) is 1. The van der Waals surface area contributed by atoms with Crippen LogP contribution in [0.5, 0.6) is 0 Å². The third-order valence-electron chi connectivity index (χ3n) is 3.20. The molecular weight excluding hydrogens is 262 g/mol. The number of carbonyl (C=O) groups is 1. The summed E-state index contributed by atoms with van der Waals surface area (Å²) in [7, 11) is 1.76. The lowest BCUT2D eigenvalue weighted by atomic mass is 10.1. The Hall–Kier alpha value is -1.81. The minimum absolute atomic E-state index is 0.254. The Labute approximate surface area is 117 Å². The number of halogens is 1. The molecular formula is C14H16ClN3O. The van der Waals surface area contributed by atoms with Gasteiger partial charge in [0.2, 0.25) is 0 Å². The molecule has 0 radical (unpaired) electrons. The molecule has 1 aromatic heterocycles. The number of rotatable bonds is 2. The van der Waals surface area contributed by atoms with Crippen LogP contribution >= 0.6 is 11.6 Å². The Morgan fingerprint density at radius 3 is 2.32 bits per heavy atom. The Kier molecular flexibility index (Phi) is 3.62. The molecule has 2 rings (SSSR count). The Morgan fingerprint density at radius 1 is 1.26 bits per heavy atom. The van der Waals surface area contributed by atoms with Gasteiger partial charge < -0.3 is 5.32 Å². The molecule has 0 spiro atoms. The zero-order valence-electron chi connectivity index (χ0n) is 11.4. The average Bonchev–Trinajstić information content (AvgIpc) is 2.62. The van der Waals surface area contributed by atoms with Crippen molar-refractivity contribution in [2.45, 2.75) is 20.8 Å². The lowest BCUT2D eigenvalue weighted by molar-refractivity contribution is 0.102. The summed E-state index contributed by atoms with van der Waals surface area (Å²) in [5, 5.41) is 7.41. The highest BCUT2D eigenvalue weighted by Gasteiger charge is 2.19. The van der Waals surface area contributed by atoms with Crippen LogP contribution in [-0.4, -0.2) is 15.7 Å². The van der Waals surface area contributed by atoms with Gasteiger partial charge >= 0.3 is 0 Å². The first kappa shape index (κ1) is 13.6. The third kappa shape index (κ3) is 2.49. The molecule has 1 N–H and O–H groups in total. The molecule has 5 heteroatoms. The van der Waals surface area contributed by atoms with E-state index in [-0.39, 0.29) is 11.6 Å². The van der Waals surface area contributed by atoms with E-state index in [0.717, 1.165) is 22.5 Å². The van der Waals surface area contributed by atoms with E-state index in [4.69, 9.17) is 11.6 Å². The first-order valence-electron chi connectivity index (χ1n) is 5.98. The van der Waals surface area contributed by atoms with E-state index in [1.54, 1.807) is 11.7 Å². The van der Waals surface area contributed by atoms with Gasteiger partial charge in [-0.15, -0.1) is 0 Å². The van der Waals surface area contributed by atoms with Crippen molar-refractivity contribution in [1.82, 2.24) is 9.78 Å². The minimum Gasteiger partial charge on any atom is -0.320 e. The highest BCUT2D eigenvalue weighted by atomic mass is 35.5. The summed E-state index contributed by atoms with van der Waals surface area (Å²) in [6, 6.07) is 5.86. The fourth-order valence-corrected chi connectivity index (χ4v) is 2.16. The molecule has 1 amide bonds. The summed E-state index contributed by atoms with van der Waals surface area (Å²) in [6.45, 7) is 5.73. The van der Waals surface area contributed by atoms with Crippen LogP contribution in [0.4, 0.5) is 5.69 Å². The van der Waals surface area contributed by atoms with Crippen LogP contribution in [0.3, 0.4) is 0 Å². The zero-order valence-corrected chi connectivity index (χ0v) is 12.2. The molecule has 19 heavy (non-hydrogen) atoms. The number of hydrogen-bond acceptors (Lipinski definition) is 2. The molecule has 0 saturated carbocycles. The number of aryl methyl sites for hydroxylation is 3. The van der Waals surface area contributed by atoms with E-state index in [9.17, 15) is 4.79 Å². The second-order valence-electron chi connectivity index (χ2n) is 4.59. The monoisotopic (exact) mass is 277 g/mol. The fraction of sp³-hybridized carbons (Fsp3) is 0.286. The maximum Gasteiger partial charge on any atom is 0.277 e. The third-order valence-corrected chi connectivity index (χ3v) is 3.65. The van der Waals surface area contributed by atoms with Crippen molar-refractivity contribution < 1.29 is 4.79 Å². The second kappa shape index (κ2) is 5.05. The molecule has 1 heterocycles. The van der Waals surface area contributed by atoms with Crippen molar-refractivity contribution >= 4 is 23.2 Å². The van der Waals surface area contributed by atoms with E-state index in [1.807, 2.05) is 39.0 Å². The molecule has 0 aliphatic heterocycles. The van der Waals surface area contributed by atoms with Gasteiger partial charge in [0.1, 0.15) is 0 Å². The van der Waals surface area contributed by atoms with Crippen LogP contribution in [0.15, 0.2) is 18.2 Å². The van der Waals surface area contributed by atoms with E-state index in [1.165, 1.54) is 0 Å². The van der Waals surface area contributed by atoms with Crippen LogP contribution in [0.2, 0.25) is 5.02 Å². The smallest absolute Gasteiger partial charge is 0.277 e. The number of nitrogens with one attached hydrogen (secondary N) is 1.